The molecule has 0 spiro atoms. The number of rotatable bonds is 5. The van der Waals surface area contributed by atoms with E-state index in [1.165, 1.54) is 0 Å². The number of nitrogens with zero attached hydrogens (tertiary/aromatic N) is 4. The summed E-state index contributed by atoms with van der Waals surface area (Å²) in [5, 5.41) is 13.3. The van der Waals surface area contributed by atoms with Crippen molar-refractivity contribution in [2.24, 2.45) is 0 Å². The van der Waals surface area contributed by atoms with Gasteiger partial charge in [-0.2, -0.15) is 5.26 Å². The summed E-state index contributed by atoms with van der Waals surface area (Å²) in [6.45, 7) is 2.00. The molecule has 2 aromatic heterocycles. The normalized spacial score (nSPS) is 13.6. The smallest absolute Gasteiger partial charge is 0.326 e. The van der Waals surface area contributed by atoms with Gasteiger partial charge >= 0.3 is 6.03 Å². The van der Waals surface area contributed by atoms with Crippen molar-refractivity contribution in [2.45, 2.75) is 19.5 Å². The predicted octanol–water partition coefficient (Wildman–Crippen LogP) is 5.92. The molecule has 0 unspecified atom stereocenters. The Morgan fingerprint density at radius 2 is 1.95 bits per heavy atom. The first-order valence-electron chi connectivity index (χ1n) is 11.8. The van der Waals surface area contributed by atoms with Gasteiger partial charge in [0.25, 0.3) is 0 Å². The molecule has 0 radical (unpaired) electrons. The zero-order chi connectivity index (χ0) is 26.8. The first-order valence-corrected chi connectivity index (χ1v) is 12.6. The number of fused-ring (bicyclic) bond motifs is 3. The molecule has 10 heteroatoms. The van der Waals surface area contributed by atoms with Crippen LogP contribution in [0.15, 0.2) is 59.3 Å². The number of amides is 1. The number of halogens is 4. The zero-order valence-electron chi connectivity index (χ0n) is 20.0. The molecule has 0 atom stereocenters. The maximum absolute atomic E-state index is 13.5. The highest BCUT2D eigenvalue weighted by atomic mass is 79.9. The summed E-state index contributed by atoms with van der Waals surface area (Å²) < 4.78 is 42.6. The molecule has 5 rings (SSSR count). The van der Waals surface area contributed by atoms with Crippen LogP contribution in [0.3, 0.4) is 0 Å². The summed E-state index contributed by atoms with van der Waals surface area (Å²) in [5.74, 6) is -3.95. The van der Waals surface area contributed by atoms with E-state index in [-0.39, 0.29) is 11.6 Å². The van der Waals surface area contributed by atoms with E-state index >= 15 is 0 Å². The first-order chi connectivity index (χ1) is 18.3. The lowest BCUT2D eigenvalue weighted by Crippen LogP contribution is -2.34. The molecule has 0 saturated carbocycles. The highest BCUT2D eigenvalue weighted by Gasteiger charge is 2.26. The van der Waals surface area contributed by atoms with Gasteiger partial charge in [-0.3, -0.25) is 9.47 Å². The lowest BCUT2D eigenvalue weighted by Gasteiger charge is -2.27. The monoisotopic (exact) mass is 579 g/mol. The summed E-state index contributed by atoms with van der Waals surface area (Å²) >= 11 is 3.33. The average Bonchev–Trinajstić information content (AvgIpc) is 3.23. The van der Waals surface area contributed by atoms with Crippen molar-refractivity contribution >= 4 is 38.9 Å². The maximum Gasteiger partial charge on any atom is 0.326 e. The Balaban J connectivity index is 1.39. The minimum absolute atomic E-state index is 0.234. The van der Waals surface area contributed by atoms with Crippen LogP contribution in [0.4, 0.5) is 18.0 Å². The molecule has 38 heavy (non-hydrogen) atoms. The van der Waals surface area contributed by atoms with Crippen LogP contribution in [0, 0.1) is 28.8 Å². The first kappa shape index (κ1) is 25.7. The van der Waals surface area contributed by atoms with Crippen LogP contribution in [0.1, 0.15) is 27.9 Å². The summed E-state index contributed by atoms with van der Waals surface area (Å²) in [6, 6.07) is 12.7. The maximum atomic E-state index is 13.5. The van der Waals surface area contributed by atoms with Gasteiger partial charge < -0.3 is 5.32 Å². The Morgan fingerprint density at radius 1 is 1.16 bits per heavy atom. The highest BCUT2D eigenvalue weighted by Crippen LogP contribution is 2.31. The molecule has 0 fully saturated rings. The lowest BCUT2D eigenvalue weighted by atomic mass is 10.0. The lowest BCUT2D eigenvalue weighted by molar-refractivity contribution is 0.240. The molecule has 1 aliphatic heterocycles. The number of carbonyl (C=O) groups is 1. The molecule has 1 aliphatic rings. The van der Waals surface area contributed by atoms with Gasteiger partial charge in [-0.05, 0) is 69.0 Å². The largest absolute Gasteiger partial charge is 0.333 e. The average molecular weight is 580 g/mol. The molecule has 3 heterocycles. The van der Waals surface area contributed by atoms with Crippen LogP contribution in [-0.4, -0.2) is 33.6 Å². The van der Waals surface area contributed by atoms with Crippen molar-refractivity contribution in [1.29, 1.82) is 5.26 Å². The number of nitrogens with one attached hydrogen (secondary N) is 1. The molecular formula is C28H21BrF3N5O. The predicted molar refractivity (Wildman–Crippen MR) is 141 cm³/mol. The SMILES string of the molecule is N#Cc1ccc2c3c(n(C(=O)NCc4ccnc(Br)c4)c2c1)CCN(C/C=C/c1cc(F)c(F)c(F)c1)C3. The summed E-state index contributed by atoms with van der Waals surface area (Å²) in [6.07, 6.45) is 5.57. The van der Waals surface area contributed by atoms with Gasteiger partial charge in [-0.15, -0.1) is 0 Å². The van der Waals surface area contributed by atoms with Gasteiger partial charge in [0, 0.05) is 49.9 Å². The Kier molecular flexibility index (Phi) is 7.31. The summed E-state index contributed by atoms with van der Waals surface area (Å²) in [7, 11) is 0. The molecule has 4 aromatic rings. The van der Waals surface area contributed by atoms with Crippen molar-refractivity contribution in [3.05, 3.63) is 105 Å². The second kappa shape index (κ2) is 10.8. The standard InChI is InChI=1S/C28H21BrF3N5O/c29-26-13-19(5-7-34-26)15-35-28(38)37-24-6-9-36(8-1-2-17-10-22(30)27(32)23(31)11-17)16-21(24)20-4-3-18(14-33)12-25(20)37/h1-5,7,10-13H,6,8-9,15-16H2,(H,35,38)/b2-1+. The second-order valence-corrected chi connectivity index (χ2v) is 9.75. The van der Waals surface area contributed by atoms with Crippen LogP contribution in [0.2, 0.25) is 0 Å². The zero-order valence-corrected chi connectivity index (χ0v) is 21.6. The molecule has 1 amide bonds. The van der Waals surface area contributed by atoms with Crippen molar-refractivity contribution in [3.8, 4) is 6.07 Å². The van der Waals surface area contributed by atoms with Gasteiger partial charge in [-0.25, -0.2) is 22.9 Å². The Bertz CT molecular complexity index is 1600. The topological polar surface area (TPSA) is 74.0 Å². The molecule has 6 nitrogen and oxygen atoms in total. The molecule has 0 bridgehead atoms. The third-order valence-electron chi connectivity index (χ3n) is 6.48. The summed E-state index contributed by atoms with van der Waals surface area (Å²) in [5.41, 5.74) is 4.12. The van der Waals surface area contributed by atoms with E-state index in [2.05, 4.69) is 37.2 Å². The minimum atomic E-state index is -1.49. The van der Waals surface area contributed by atoms with E-state index in [4.69, 9.17) is 0 Å². The molecule has 2 aromatic carbocycles. The summed E-state index contributed by atoms with van der Waals surface area (Å²) in [4.78, 5) is 19.6. The van der Waals surface area contributed by atoms with E-state index in [1.807, 2.05) is 18.2 Å². The minimum Gasteiger partial charge on any atom is -0.333 e. The van der Waals surface area contributed by atoms with Gasteiger partial charge in [0.15, 0.2) is 17.5 Å². The van der Waals surface area contributed by atoms with Gasteiger partial charge in [0.2, 0.25) is 0 Å². The quantitative estimate of drug-likeness (QED) is 0.235. The fourth-order valence-corrected chi connectivity index (χ4v) is 5.10. The third-order valence-corrected chi connectivity index (χ3v) is 6.91. The number of nitriles is 1. The van der Waals surface area contributed by atoms with E-state index in [0.29, 0.717) is 48.3 Å². The second-order valence-electron chi connectivity index (χ2n) is 8.94. The van der Waals surface area contributed by atoms with Crippen molar-refractivity contribution in [3.63, 3.8) is 0 Å². The number of benzene rings is 2. The van der Waals surface area contributed by atoms with Crippen LogP contribution < -0.4 is 5.32 Å². The van der Waals surface area contributed by atoms with Gasteiger partial charge in [0.05, 0.1) is 17.1 Å². The number of aromatic nitrogens is 2. The molecular weight excluding hydrogens is 559 g/mol. The van der Waals surface area contributed by atoms with Crippen LogP contribution >= 0.6 is 15.9 Å². The number of hydrogen-bond donors (Lipinski definition) is 1. The fourth-order valence-electron chi connectivity index (χ4n) is 4.69. The molecule has 0 saturated heterocycles. The van der Waals surface area contributed by atoms with Gasteiger partial charge in [0.1, 0.15) is 4.60 Å². The number of pyridine rings is 1. The Hall–Kier alpha value is -3.94. The number of hydrogen-bond acceptors (Lipinski definition) is 4. The molecule has 1 N–H and O–H groups in total. The molecule has 0 aliphatic carbocycles. The van der Waals surface area contributed by atoms with E-state index in [1.54, 1.807) is 35.0 Å². The fraction of sp³-hybridized carbons (Fsp3) is 0.179. The van der Waals surface area contributed by atoms with Crippen LogP contribution in [-0.2, 0) is 19.5 Å². The van der Waals surface area contributed by atoms with Crippen LogP contribution in [0.5, 0.6) is 0 Å². The van der Waals surface area contributed by atoms with Crippen molar-refractivity contribution in [1.82, 2.24) is 19.8 Å². The van der Waals surface area contributed by atoms with Crippen LogP contribution in [0.25, 0.3) is 17.0 Å². The van der Waals surface area contributed by atoms with Gasteiger partial charge in [-0.1, -0.05) is 18.2 Å². The highest BCUT2D eigenvalue weighted by molar-refractivity contribution is 9.10. The van der Waals surface area contributed by atoms with Crippen molar-refractivity contribution < 1.29 is 18.0 Å². The third kappa shape index (κ3) is 5.21. The van der Waals surface area contributed by atoms with E-state index in [0.717, 1.165) is 34.3 Å². The van der Waals surface area contributed by atoms with E-state index < -0.39 is 17.5 Å². The molecule has 192 valence electrons. The van der Waals surface area contributed by atoms with E-state index in [9.17, 15) is 23.2 Å². The van der Waals surface area contributed by atoms with Crippen molar-refractivity contribution in [2.75, 3.05) is 13.1 Å². The Morgan fingerprint density at radius 3 is 2.68 bits per heavy atom. The number of carbonyl (C=O) groups excluding carboxylic acids is 1. The Labute approximate surface area is 225 Å².